The van der Waals surface area contributed by atoms with E-state index in [1.165, 1.54) is 16.2 Å². The fourth-order valence-electron chi connectivity index (χ4n) is 4.62. The van der Waals surface area contributed by atoms with Crippen LogP contribution in [0.15, 0.2) is 53.8 Å². The summed E-state index contributed by atoms with van der Waals surface area (Å²) < 4.78 is 0. The Bertz CT molecular complexity index is 1550. The van der Waals surface area contributed by atoms with Crippen LogP contribution in [0, 0.1) is 20.8 Å². The quantitative estimate of drug-likeness (QED) is 0.334. The number of thiazole rings is 1. The number of aliphatic hydroxyl groups is 1. The van der Waals surface area contributed by atoms with E-state index < -0.39 is 23.5 Å². The van der Waals surface area contributed by atoms with Crippen molar-refractivity contribution in [2.24, 2.45) is 0 Å². The van der Waals surface area contributed by atoms with Crippen LogP contribution in [-0.2, 0) is 10.2 Å². The van der Waals surface area contributed by atoms with Crippen molar-refractivity contribution >= 4 is 40.0 Å². The highest BCUT2D eigenvalue weighted by molar-refractivity contribution is 7.14. The molecule has 2 N–H and O–H groups in total. The fraction of sp³-hybridized carbons (Fsp3) is 0.286. The highest BCUT2D eigenvalue weighted by atomic mass is 32.1. The average molecular weight is 501 g/mol. The third-order valence-electron chi connectivity index (χ3n) is 6.51. The van der Waals surface area contributed by atoms with Crippen LogP contribution in [0.4, 0.5) is 5.95 Å². The van der Waals surface area contributed by atoms with Crippen molar-refractivity contribution in [3.8, 4) is 0 Å². The highest BCUT2D eigenvalue weighted by Gasteiger charge is 2.46. The number of anilines is 1. The second-order valence-corrected chi connectivity index (χ2v) is 11.5. The first-order valence-corrected chi connectivity index (χ1v) is 12.6. The van der Waals surface area contributed by atoms with Crippen LogP contribution in [0.1, 0.15) is 63.9 Å². The largest absolute Gasteiger partial charge is 0.503 e. The van der Waals surface area contributed by atoms with Gasteiger partial charge < -0.3 is 10.1 Å². The summed E-state index contributed by atoms with van der Waals surface area (Å²) in [5.74, 6) is -1.36. The molecule has 3 heterocycles. The molecule has 7 nitrogen and oxygen atoms in total. The Morgan fingerprint density at radius 1 is 1.06 bits per heavy atom. The number of aromatic nitrogens is 3. The molecule has 36 heavy (non-hydrogen) atoms. The molecule has 1 unspecified atom stereocenters. The first-order valence-electron chi connectivity index (χ1n) is 11.8. The number of Topliss-reactive ketones (excluding diaryl/α,β-unsaturated/α-hetero) is 1. The number of ketones is 1. The lowest BCUT2D eigenvalue weighted by molar-refractivity contribution is -0.117. The normalized spacial score (nSPS) is 16.4. The molecule has 0 fully saturated rings. The van der Waals surface area contributed by atoms with Crippen molar-refractivity contribution in [2.45, 2.75) is 53.0 Å². The number of imidazole rings is 1. The maximum atomic E-state index is 13.8. The monoisotopic (exact) mass is 500 g/mol. The van der Waals surface area contributed by atoms with E-state index in [1.807, 2.05) is 56.3 Å². The Morgan fingerprint density at radius 2 is 1.75 bits per heavy atom. The number of amides is 1. The van der Waals surface area contributed by atoms with Crippen LogP contribution < -0.4 is 4.90 Å². The summed E-state index contributed by atoms with van der Waals surface area (Å²) in [4.78, 5) is 41.3. The number of hydrogen-bond donors (Lipinski definition) is 2. The average Bonchev–Trinajstić information content (AvgIpc) is 3.46. The van der Waals surface area contributed by atoms with Gasteiger partial charge in [-0.3, -0.25) is 14.5 Å². The minimum atomic E-state index is -0.845. The summed E-state index contributed by atoms with van der Waals surface area (Å²) in [7, 11) is 0. The lowest BCUT2D eigenvalue weighted by Crippen LogP contribution is -2.32. The van der Waals surface area contributed by atoms with Gasteiger partial charge in [-0.25, -0.2) is 9.97 Å². The van der Waals surface area contributed by atoms with E-state index in [0.717, 1.165) is 21.7 Å². The van der Waals surface area contributed by atoms with Gasteiger partial charge in [-0.05, 0) is 55.0 Å². The van der Waals surface area contributed by atoms with E-state index >= 15 is 0 Å². The standard InChI is InChI=1S/C28H28N4O3S/c1-14-7-12-19-20(13-14)31-27(30-19)32-22(17-8-10-18(11-9-17)28(4,5)6)21(24(34)26(32)35)23(33)25-15(2)29-16(3)36-25/h7-13,22,34H,1-6H3,(H,30,31). The molecule has 2 aromatic carbocycles. The van der Waals surface area contributed by atoms with Crippen molar-refractivity contribution in [3.63, 3.8) is 0 Å². The number of hydrogen-bond acceptors (Lipinski definition) is 6. The molecule has 0 bridgehead atoms. The summed E-state index contributed by atoms with van der Waals surface area (Å²) in [5.41, 5.74) is 4.89. The second-order valence-electron chi connectivity index (χ2n) is 10.3. The molecule has 5 rings (SSSR count). The van der Waals surface area contributed by atoms with Gasteiger partial charge in [0, 0.05) is 0 Å². The molecule has 1 aliphatic heterocycles. The molecule has 8 heteroatoms. The summed E-state index contributed by atoms with van der Waals surface area (Å²) in [5, 5.41) is 11.8. The smallest absolute Gasteiger partial charge is 0.296 e. The molecule has 0 spiro atoms. The lowest BCUT2D eigenvalue weighted by atomic mass is 9.85. The zero-order chi connectivity index (χ0) is 25.9. The highest BCUT2D eigenvalue weighted by Crippen LogP contribution is 2.42. The number of aryl methyl sites for hydroxylation is 3. The molecule has 1 aliphatic rings. The van der Waals surface area contributed by atoms with E-state index in [1.54, 1.807) is 6.92 Å². The Balaban J connectivity index is 1.68. The Morgan fingerprint density at radius 3 is 2.36 bits per heavy atom. The first kappa shape index (κ1) is 23.9. The predicted octanol–water partition coefficient (Wildman–Crippen LogP) is 6.03. The Labute approximate surface area is 213 Å². The maximum Gasteiger partial charge on any atom is 0.296 e. The van der Waals surface area contributed by atoms with Crippen molar-refractivity contribution in [1.82, 2.24) is 15.0 Å². The number of carbonyl (C=O) groups is 2. The van der Waals surface area contributed by atoms with E-state index in [2.05, 4.69) is 35.7 Å². The minimum absolute atomic E-state index is 0.0342. The van der Waals surface area contributed by atoms with Crippen molar-refractivity contribution in [2.75, 3.05) is 4.90 Å². The molecule has 2 aromatic heterocycles. The summed E-state index contributed by atoms with van der Waals surface area (Å²) in [6, 6.07) is 12.7. The number of fused-ring (bicyclic) bond motifs is 1. The van der Waals surface area contributed by atoms with Crippen molar-refractivity contribution < 1.29 is 14.7 Å². The molecule has 0 radical (unpaired) electrons. The number of nitrogens with zero attached hydrogens (tertiary/aromatic N) is 3. The molecular formula is C28H28N4O3S. The summed E-state index contributed by atoms with van der Waals surface area (Å²) >= 11 is 1.26. The first-order chi connectivity index (χ1) is 17.0. The van der Waals surface area contributed by atoms with Gasteiger partial charge in [0.1, 0.15) is 0 Å². The number of rotatable bonds is 4. The Hall–Kier alpha value is -3.78. The van der Waals surface area contributed by atoms with Gasteiger partial charge in [0.15, 0.2) is 5.76 Å². The van der Waals surface area contributed by atoms with Gasteiger partial charge in [-0.1, -0.05) is 51.1 Å². The third kappa shape index (κ3) is 3.91. The zero-order valence-electron chi connectivity index (χ0n) is 21.1. The molecule has 184 valence electrons. The molecule has 0 saturated heterocycles. The lowest BCUT2D eigenvalue weighted by Gasteiger charge is -2.26. The van der Waals surface area contributed by atoms with Crippen LogP contribution >= 0.6 is 11.3 Å². The molecule has 4 aromatic rings. The summed E-state index contributed by atoms with van der Waals surface area (Å²) in [6.45, 7) is 11.9. The number of aliphatic hydroxyl groups excluding tert-OH is 1. The maximum absolute atomic E-state index is 13.8. The SMILES string of the molecule is Cc1ccc2nc(N3C(=O)C(O)=C(C(=O)c4sc(C)nc4C)C3c3ccc(C(C)(C)C)cc3)[nH]c2c1. The molecular weight excluding hydrogens is 472 g/mol. The zero-order valence-corrected chi connectivity index (χ0v) is 21.9. The van der Waals surface area contributed by atoms with E-state index in [4.69, 9.17) is 0 Å². The number of benzene rings is 2. The van der Waals surface area contributed by atoms with Gasteiger partial charge in [-0.2, -0.15) is 0 Å². The number of carbonyl (C=O) groups excluding carboxylic acids is 2. The van der Waals surface area contributed by atoms with Crippen molar-refractivity contribution in [3.05, 3.63) is 86.1 Å². The van der Waals surface area contributed by atoms with Gasteiger partial charge in [0.25, 0.3) is 5.91 Å². The van der Waals surface area contributed by atoms with Crippen LogP contribution in [0.2, 0.25) is 0 Å². The molecule has 0 aliphatic carbocycles. The van der Waals surface area contributed by atoms with Gasteiger partial charge >= 0.3 is 0 Å². The van der Waals surface area contributed by atoms with Gasteiger partial charge in [-0.15, -0.1) is 11.3 Å². The fourth-order valence-corrected chi connectivity index (χ4v) is 5.50. The second kappa shape index (κ2) is 8.41. The molecule has 0 saturated carbocycles. The number of aromatic amines is 1. The molecule has 1 atom stereocenters. The number of nitrogens with one attached hydrogen (secondary N) is 1. The third-order valence-corrected chi connectivity index (χ3v) is 7.58. The van der Waals surface area contributed by atoms with Crippen LogP contribution in [0.3, 0.4) is 0 Å². The van der Waals surface area contributed by atoms with Crippen LogP contribution in [-0.4, -0.2) is 31.7 Å². The molecule has 1 amide bonds. The van der Waals surface area contributed by atoms with E-state index in [9.17, 15) is 14.7 Å². The minimum Gasteiger partial charge on any atom is -0.503 e. The predicted molar refractivity (Wildman–Crippen MR) is 142 cm³/mol. The summed E-state index contributed by atoms with van der Waals surface area (Å²) in [6.07, 6.45) is 0. The topological polar surface area (TPSA) is 99.2 Å². The van der Waals surface area contributed by atoms with Crippen molar-refractivity contribution in [1.29, 1.82) is 0 Å². The van der Waals surface area contributed by atoms with Gasteiger partial charge in [0.2, 0.25) is 11.7 Å². The number of H-pyrrole nitrogens is 1. The van der Waals surface area contributed by atoms with E-state index in [-0.39, 0.29) is 16.9 Å². The van der Waals surface area contributed by atoms with Crippen LogP contribution in [0.5, 0.6) is 0 Å². The van der Waals surface area contributed by atoms with Gasteiger partial charge in [0.05, 0.1) is 38.2 Å². The van der Waals surface area contributed by atoms with Crippen LogP contribution in [0.25, 0.3) is 11.0 Å². The van der Waals surface area contributed by atoms with E-state index in [0.29, 0.717) is 21.7 Å². The Kier molecular flexibility index (Phi) is 5.59.